The number of nitrogens with two attached hydrogens (primary N) is 4. The molecule has 0 saturated carbocycles. The fraction of sp³-hybridized carbons (Fsp3) is 0.667. The molecule has 0 fully saturated rings. The molecule has 0 aliphatic carbocycles. The molecule has 88 valence electrons. The van der Waals surface area contributed by atoms with E-state index in [2.05, 4.69) is 5.73 Å². The van der Waals surface area contributed by atoms with E-state index in [0.29, 0.717) is 13.0 Å². The fourth-order valence-electron chi connectivity index (χ4n) is 0.525. The molecular weight excluding hydrogens is 204 g/mol. The average Bonchev–Trinajstić information content (AvgIpc) is 2.14. The molecule has 9 heteroatoms. The van der Waals surface area contributed by atoms with Gasteiger partial charge in [0.1, 0.15) is 0 Å². The monoisotopic (exact) mass is 220 g/mol. The number of primary amides is 2. The van der Waals surface area contributed by atoms with Crippen LogP contribution in [0.1, 0.15) is 12.8 Å². The highest BCUT2D eigenvalue weighted by Crippen LogP contribution is 1.89. The maximum atomic E-state index is 10.3. The number of rotatable bonds is 5. The van der Waals surface area contributed by atoms with E-state index in [1.54, 1.807) is 0 Å². The van der Waals surface area contributed by atoms with Gasteiger partial charge in [0.25, 0.3) is 0 Å². The van der Waals surface area contributed by atoms with Crippen LogP contribution in [0.2, 0.25) is 0 Å². The Hall–Kier alpha value is -1.74. The number of urea groups is 1. The highest BCUT2D eigenvalue weighted by Gasteiger charge is 2.06. The van der Waals surface area contributed by atoms with Gasteiger partial charge >= 0.3 is 6.03 Å². The number of carbonyl (C=O) groups is 2. The first kappa shape index (κ1) is 15.7. The smallest absolute Gasteiger partial charge is 0.335 e. The second-order valence-electron chi connectivity index (χ2n) is 2.51. The third-order valence-electron chi connectivity index (χ3n) is 1.24. The molecule has 0 aliphatic heterocycles. The van der Waals surface area contributed by atoms with E-state index < -0.39 is 18.0 Å². The summed E-state index contributed by atoms with van der Waals surface area (Å²) in [6, 6.07) is -1.46. The first-order chi connectivity index (χ1) is 6.95. The lowest BCUT2D eigenvalue weighted by Crippen LogP contribution is -2.36. The molecule has 0 aromatic carbocycles. The molecule has 0 rings (SSSR count). The Bertz CT molecular complexity index is 209. The summed E-state index contributed by atoms with van der Waals surface area (Å²) in [5.41, 5.74) is 21.1. The second kappa shape index (κ2) is 10.3. The van der Waals surface area contributed by atoms with Gasteiger partial charge in [0.15, 0.2) is 0 Å². The molecule has 1 unspecified atom stereocenters. The molecule has 0 aromatic rings. The number of hydrogen-bond acceptors (Lipinski definition) is 6. The van der Waals surface area contributed by atoms with Gasteiger partial charge in [-0.15, -0.1) is 4.91 Å². The molecular formula is C6H16N6O3. The van der Waals surface area contributed by atoms with Gasteiger partial charge < -0.3 is 22.9 Å². The molecule has 0 aromatic heterocycles. The van der Waals surface area contributed by atoms with E-state index in [1.165, 1.54) is 5.43 Å². The Balaban J connectivity index is 0. The molecule has 9 nitrogen and oxygen atoms in total. The fourth-order valence-corrected chi connectivity index (χ4v) is 0.525. The third kappa shape index (κ3) is 15.1. The van der Waals surface area contributed by atoms with Crippen LogP contribution in [0, 0.1) is 4.91 Å². The zero-order chi connectivity index (χ0) is 12.3. The van der Waals surface area contributed by atoms with Crippen molar-refractivity contribution in [2.24, 2.45) is 28.2 Å². The Morgan fingerprint density at radius 1 is 1.33 bits per heavy atom. The lowest BCUT2D eigenvalue weighted by molar-refractivity contribution is -0.119. The van der Waals surface area contributed by atoms with Gasteiger partial charge in [-0.05, 0) is 19.4 Å². The highest BCUT2D eigenvalue weighted by molar-refractivity contribution is 5.79. The molecule has 0 heterocycles. The standard InChI is InChI=1S/C5H13N3O.CH3N3O2/c6-3-1-2-4(7)5(8)9;2-1(5)3-4-6/h4H,1-3,6-7H2,(H2,8,9);(H3,2,3,5,6). The molecule has 15 heavy (non-hydrogen) atoms. The molecule has 0 spiro atoms. The summed E-state index contributed by atoms with van der Waals surface area (Å²) in [5, 5.41) is 1.96. The number of nitrogens with zero attached hydrogens (tertiary/aromatic N) is 1. The van der Waals surface area contributed by atoms with E-state index in [1.807, 2.05) is 5.29 Å². The number of amides is 3. The van der Waals surface area contributed by atoms with Crippen molar-refractivity contribution in [3.8, 4) is 0 Å². The van der Waals surface area contributed by atoms with E-state index >= 15 is 0 Å². The van der Waals surface area contributed by atoms with Crippen LogP contribution >= 0.6 is 0 Å². The van der Waals surface area contributed by atoms with Crippen molar-refractivity contribution in [3.05, 3.63) is 4.91 Å². The number of carbonyl (C=O) groups excluding carboxylic acids is 2. The first-order valence-electron chi connectivity index (χ1n) is 4.08. The molecule has 0 bridgehead atoms. The summed E-state index contributed by atoms with van der Waals surface area (Å²) in [6.07, 6.45) is 1.34. The summed E-state index contributed by atoms with van der Waals surface area (Å²) < 4.78 is 0. The highest BCUT2D eigenvalue weighted by atomic mass is 16.3. The zero-order valence-electron chi connectivity index (χ0n) is 8.18. The van der Waals surface area contributed by atoms with Crippen LogP contribution in [0.4, 0.5) is 4.79 Å². The van der Waals surface area contributed by atoms with E-state index in [0.717, 1.165) is 6.42 Å². The van der Waals surface area contributed by atoms with Crippen LogP contribution in [0.25, 0.3) is 0 Å². The van der Waals surface area contributed by atoms with Crippen molar-refractivity contribution in [2.45, 2.75) is 18.9 Å². The quantitative estimate of drug-likeness (QED) is 0.262. The maximum absolute atomic E-state index is 10.3. The van der Waals surface area contributed by atoms with Gasteiger partial charge in [0.2, 0.25) is 5.91 Å². The maximum Gasteiger partial charge on any atom is 0.335 e. The van der Waals surface area contributed by atoms with Gasteiger partial charge in [-0.3, -0.25) is 4.79 Å². The summed E-state index contributed by atoms with van der Waals surface area (Å²) >= 11 is 0. The number of nitroso groups, excluding NO2 is 1. The Labute approximate surface area is 86.5 Å². The van der Waals surface area contributed by atoms with Gasteiger partial charge in [-0.1, -0.05) is 0 Å². The minimum atomic E-state index is -0.940. The summed E-state index contributed by atoms with van der Waals surface area (Å²) in [4.78, 5) is 28.6. The van der Waals surface area contributed by atoms with Crippen molar-refractivity contribution in [1.82, 2.24) is 5.43 Å². The van der Waals surface area contributed by atoms with Crippen LogP contribution in [0.5, 0.6) is 0 Å². The molecule has 1 atom stereocenters. The van der Waals surface area contributed by atoms with Crippen molar-refractivity contribution in [2.75, 3.05) is 6.54 Å². The minimum Gasteiger partial charge on any atom is -0.368 e. The zero-order valence-corrected chi connectivity index (χ0v) is 8.18. The second-order valence-corrected chi connectivity index (χ2v) is 2.51. The van der Waals surface area contributed by atoms with E-state index in [9.17, 15) is 9.59 Å². The molecule has 0 radical (unpaired) electrons. The third-order valence-corrected chi connectivity index (χ3v) is 1.24. The number of hydrogen-bond donors (Lipinski definition) is 5. The van der Waals surface area contributed by atoms with E-state index in [4.69, 9.17) is 22.1 Å². The predicted octanol–water partition coefficient (Wildman–Crippen LogP) is -2.13. The summed E-state index contributed by atoms with van der Waals surface area (Å²) in [5.74, 6) is -0.455. The SMILES string of the molecule is NC(=O)NN=O.NCCCC(N)C(N)=O. The normalized spacial score (nSPS) is 10.5. The Morgan fingerprint density at radius 3 is 2.07 bits per heavy atom. The summed E-state index contributed by atoms with van der Waals surface area (Å²) in [7, 11) is 0. The van der Waals surface area contributed by atoms with Crippen LogP contribution in [0.3, 0.4) is 0 Å². The molecule has 3 amide bonds. The summed E-state index contributed by atoms with van der Waals surface area (Å²) in [6.45, 7) is 0.557. The van der Waals surface area contributed by atoms with Crippen molar-refractivity contribution in [1.29, 1.82) is 0 Å². The van der Waals surface area contributed by atoms with Gasteiger partial charge in [0.05, 0.1) is 11.3 Å². The van der Waals surface area contributed by atoms with Crippen LogP contribution in [-0.4, -0.2) is 24.5 Å². The number of nitrogens with one attached hydrogen (secondary N) is 1. The van der Waals surface area contributed by atoms with Gasteiger partial charge in [0, 0.05) is 0 Å². The van der Waals surface area contributed by atoms with Crippen LogP contribution in [-0.2, 0) is 4.79 Å². The van der Waals surface area contributed by atoms with Gasteiger partial charge in [-0.25, -0.2) is 4.79 Å². The average molecular weight is 220 g/mol. The van der Waals surface area contributed by atoms with Crippen molar-refractivity contribution >= 4 is 11.9 Å². The predicted molar refractivity (Wildman–Crippen MR) is 54.0 cm³/mol. The van der Waals surface area contributed by atoms with Crippen molar-refractivity contribution < 1.29 is 9.59 Å². The largest absolute Gasteiger partial charge is 0.368 e. The van der Waals surface area contributed by atoms with Crippen LogP contribution in [0.15, 0.2) is 5.29 Å². The first-order valence-corrected chi connectivity index (χ1v) is 4.08. The van der Waals surface area contributed by atoms with Crippen molar-refractivity contribution in [3.63, 3.8) is 0 Å². The lowest BCUT2D eigenvalue weighted by Gasteiger charge is -2.03. The minimum absolute atomic E-state index is 0.455. The lowest BCUT2D eigenvalue weighted by atomic mass is 10.1. The topological polar surface area (TPSA) is 180 Å². The Morgan fingerprint density at radius 2 is 1.87 bits per heavy atom. The molecule has 9 N–H and O–H groups in total. The van der Waals surface area contributed by atoms with Crippen LogP contribution < -0.4 is 28.4 Å². The van der Waals surface area contributed by atoms with E-state index in [-0.39, 0.29) is 0 Å². The van der Waals surface area contributed by atoms with Gasteiger partial charge in [-0.2, -0.15) is 5.43 Å². The molecule has 0 aliphatic rings. The molecule has 0 saturated heterocycles. The Kier molecular flexibility index (Phi) is 10.8.